The number of guanidine groups is 1. The van der Waals surface area contributed by atoms with Crippen molar-refractivity contribution in [3.8, 4) is 0 Å². The second kappa shape index (κ2) is 11.6. The Hall–Kier alpha value is -1.51. The lowest BCUT2D eigenvalue weighted by Gasteiger charge is -2.21. The third kappa shape index (κ3) is 7.04. The van der Waals surface area contributed by atoms with E-state index in [0.29, 0.717) is 6.04 Å². The van der Waals surface area contributed by atoms with Crippen LogP contribution in [0.15, 0.2) is 53.5 Å². The van der Waals surface area contributed by atoms with E-state index in [0.717, 1.165) is 43.6 Å². The summed E-state index contributed by atoms with van der Waals surface area (Å²) < 4.78 is 0. The Morgan fingerprint density at radius 1 is 1.17 bits per heavy atom. The highest BCUT2D eigenvalue weighted by Gasteiger charge is 2.23. The van der Waals surface area contributed by atoms with Crippen LogP contribution in [-0.4, -0.2) is 51.1 Å². The zero-order chi connectivity index (χ0) is 19.9. The van der Waals surface area contributed by atoms with Gasteiger partial charge in [-0.05, 0) is 49.8 Å². The summed E-state index contributed by atoms with van der Waals surface area (Å²) in [6, 6.07) is 17.0. The molecule has 2 aromatic rings. The first-order valence-corrected chi connectivity index (χ1v) is 10.1. The fraction of sp³-hybridized carbons (Fsp3) is 0.409. The van der Waals surface area contributed by atoms with Gasteiger partial charge in [0.1, 0.15) is 0 Å². The molecule has 0 spiro atoms. The van der Waals surface area contributed by atoms with Crippen LogP contribution in [0.2, 0.25) is 5.02 Å². The molecular weight excluding hydrogens is 497 g/mol. The third-order valence-corrected chi connectivity index (χ3v) is 5.21. The molecule has 2 N–H and O–H groups in total. The maximum absolute atomic E-state index is 6.14. The molecule has 0 bridgehead atoms. The average molecular weight is 528 g/mol. The van der Waals surface area contributed by atoms with Gasteiger partial charge in [0.25, 0.3) is 0 Å². The number of aliphatic imine (C=N–C) groups is 1. The van der Waals surface area contributed by atoms with Crippen molar-refractivity contribution in [1.29, 1.82) is 0 Å². The second-order valence-electron chi connectivity index (χ2n) is 7.49. The molecule has 2 aromatic carbocycles. The normalized spacial score (nSPS) is 16.7. The van der Waals surface area contributed by atoms with E-state index in [-0.39, 0.29) is 24.0 Å². The molecule has 1 fully saturated rings. The van der Waals surface area contributed by atoms with Crippen molar-refractivity contribution in [1.82, 2.24) is 15.5 Å². The topological polar surface area (TPSA) is 42.9 Å². The number of hydrogen-bond acceptors (Lipinski definition) is 3. The van der Waals surface area contributed by atoms with E-state index in [1.165, 1.54) is 16.8 Å². The van der Waals surface area contributed by atoms with E-state index in [2.05, 4.69) is 69.9 Å². The van der Waals surface area contributed by atoms with Crippen LogP contribution in [0.3, 0.4) is 0 Å². The fourth-order valence-corrected chi connectivity index (χ4v) is 3.76. The van der Waals surface area contributed by atoms with Crippen LogP contribution in [0.25, 0.3) is 0 Å². The van der Waals surface area contributed by atoms with E-state index in [4.69, 9.17) is 11.6 Å². The summed E-state index contributed by atoms with van der Waals surface area (Å²) in [5.74, 6) is 0.845. The molecule has 0 saturated carbocycles. The Labute approximate surface area is 196 Å². The minimum Gasteiger partial charge on any atom is -0.369 e. The summed E-state index contributed by atoms with van der Waals surface area (Å²) in [7, 11) is 6.01. The number of rotatable bonds is 6. The van der Waals surface area contributed by atoms with Gasteiger partial charge in [0.15, 0.2) is 5.96 Å². The Bertz CT molecular complexity index is 811. The molecule has 1 atom stereocenters. The molecule has 5 nitrogen and oxygen atoms in total. The lowest BCUT2D eigenvalue weighted by atomic mass is 10.1. The minimum absolute atomic E-state index is 0. The van der Waals surface area contributed by atoms with E-state index in [1.807, 2.05) is 25.2 Å². The maximum atomic E-state index is 6.14. The first kappa shape index (κ1) is 23.8. The van der Waals surface area contributed by atoms with Gasteiger partial charge in [0.2, 0.25) is 0 Å². The van der Waals surface area contributed by atoms with Gasteiger partial charge in [-0.1, -0.05) is 41.9 Å². The molecule has 0 aromatic heterocycles. The van der Waals surface area contributed by atoms with Crippen LogP contribution in [-0.2, 0) is 13.1 Å². The zero-order valence-corrected chi connectivity index (χ0v) is 20.4. The predicted molar refractivity (Wildman–Crippen MR) is 135 cm³/mol. The molecule has 7 heteroatoms. The molecule has 1 saturated heterocycles. The number of nitrogens with one attached hydrogen (secondary N) is 2. The smallest absolute Gasteiger partial charge is 0.191 e. The summed E-state index contributed by atoms with van der Waals surface area (Å²) in [6.07, 6.45) is 1.07. The molecule has 3 rings (SSSR count). The molecule has 0 amide bonds. The van der Waals surface area contributed by atoms with Crippen molar-refractivity contribution in [2.75, 3.05) is 39.1 Å². The van der Waals surface area contributed by atoms with Crippen molar-refractivity contribution < 1.29 is 0 Å². The number of nitrogens with zero attached hydrogens (tertiary/aromatic N) is 3. The second-order valence-corrected chi connectivity index (χ2v) is 7.92. The van der Waals surface area contributed by atoms with Crippen molar-refractivity contribution in [3.05, 3.63) is 64.7 Å². The Kier molecular flexibility index (Phi) is 9.52. The van der Waals surface area contributed by atoms with E-state index in [1.54, 1.807) is 0 Å². The molecule has 0 radical (unpaired) electrons. The number of benzene rings is 2. The summed E-state index contributed by atoms with van der Waals surface area (Å²) in [5, 5.41) is 7.82. The molecular formula is C22H31ClIN5. The fourth-order valence-electron chi connectivity index (χ4n) is 3.58. The number of anilines is 1. The Morgan fingerprint density at radius 3 is 2.62 bits per heavy atom. The van der Waals surface area contributed by atoms with Crippen molar-refractivity contribution in [2.45, 2.75) is 25.6 Å². The number of hydrogen-bond donors (Lipinski definition) is 2. The van der Waals surface area contributed by atoms with Crippen molar-refractivity contribution >= 4 is 47.2 Å². The number of halogens is 2. The van der Waals surface area contributed by atoms with Gasteiger partial charge in [0.05, 0.1) is 0 Å². The summed E-state index contributed by atoms with van der Waals surface area (Å²) >= 11 is 6.14. The Balaban J connectivity index is 0.00000300. The van der Waals surface area contributed by atoms with Crippen LogP contribution >= 0.6 is 35.6 Å². The molecule has 0 aliphatic carbocycles. The SMILES string of the molecule is CN=C(NCc1ccccc1CN(C)C)NC1CCN(c2cccc(Cl)c2)C1.I. The van der Waals surface area contributed by atoms with Crippen LogP contribution in [0.4, 0.5) is 5.69 Å². The van der Waals surface area contributed by atoms with Crippen LogP contribution < -0.4 is 15.5 Å². The lowest BCUT2D eigenvalue weighted by Crippen LogP contribution is -2.44. The van der Waals surface area contributed by atoms with E-state index in [9.17, 15) is 0 Å². The van der Waals surface area contributed by atoms with Gasteiger partial charge in [-0.2, -0.15) is 0 Å². The standard InChI is InChI=1S/C22H30ClN5.HI/c1-24-22(25-14-17-7-4-5-8-18(17)15-27(2)3)26-20-11-12-28(16-20)21-10-6-9-19(23)13-21;/h4-10,13,20H,11-12,14-16H2,1-3H3,(H2,24,25,26);1H. The molecule has 29 heavy (non-hydrogen) atoms. The minimum atomic E-state index is 0. The molecule has 1 heterocycles. The summed E-state index contributed by atoms with van der Waals surface area (Å²) in [4.78, 5) is 8.97. The van der Waals surface area contributed by atoms with E-state index < -0.39 is 0 Å². The van der Waals surface area contributed by atoms with Gasteiger partial charge >= 0.3 is 0 Å². The summed E-state index contributed by atoms with van der Waals surface area (Å²) in [6.45, 7) is 3.65. The van der Waals surface area contributed by atoms with Crippen LogP contribution in [0, 0.1) is 0 Å². The highest BCUT2D eigenvalue weighted by atomic mass is 127. The first-order chi connectivity index (χ1) is 13.5. The average Bonchev–Trinajstić information content (AvgIpc) is 3.14. The highest BCUT2D eigenvalue weighted by molar-refractivity contribution is 14.0. The van der Waals surface area contributed by atoms with Gasteiger partial charge in [-0.15, -0.1) is 24.0 Å². The van der Waals surface area contributed by atoms with E-state index >= 15 is 0 Å². The van der Waals surface area contributed by atoms with Crippen LogP contribution in [0.1, 0.15) is 17.5 Å². The largest absolute Gasteiger partial charge is 0.369 e. The van der Waals surface area contributed by atoms with Crippen LogP contribution in [0.5, 0.6) is 0 Å². The van der Waals surface area contributed by atoms with Gasteiger partial charge in [-0.3, -0.25) is 4.99 Å². The monoisotopic (exact) mass is 527 g/mol. The summed E-state index contributed by atoms with van der Waals surface area (Å²) in [5.41, 5.74) is 3.81. The molecule has 1 aliphatic heterocycles. The highest BCUT2D eigenvalue weighted by Crippen LogP contribution is 2.23. The third-order valence-electron chi connectivity index (χ3n) is 4.98. The molecule has 1 aliphatic rings. The quantitative estimate of drug-likeness (QED) is 0.339. The van der Waals surface area contributed by atoms with Gasteiger partial charge in [-0.25, -0.2) is 0 Å². The van der Waals surface area contributed by atoms with Crippen molar-refractivity contribution in [3.63, 3.8) is 0 Å². The molecule has 158 valence electrons. The van der Waals surface area contributed by atoms with Crippen molar-refractivity contribution in [2.24, 2.45) is 4.99 Å². The zero-order valence-electron chi connectivity index (χ0n) is 17.4. The lowest BCUT2D eigenvalue weighted by molar-refractivity contribution is 0.400. The first-order valence-electron chi connectivity index (χ1n) is 9.74. The molecule has 1 unspecified atom stereocenters. The maximum Gasteiger partial charge on any atom is 0.191 e. The Morgan fingerprint density at radius 2 is 1.93 bits per heavy atom. The predicted octanol–water partition coefficient (Wildman–Crippen LogP) is 3.96. The van der Waals surface area contributed by atoms with Gasteiger partial charge in [0, 0.05) is 50.0 Å². The van der Waals surface area contributed by atoms with Gasteiger partial charge < -0.3 is 20.4 Å².